The summed E-state index contributed by atoms with van der Waals surface area (Å²) in [5.74, 6) is -0.419. The van der Waals surface area contributed by atoms with Gasteiger partial charge in [-0.1, -0.05) is 13.0 Å². The molecule has 0 unspecified atom stereocenters. The minimum absolute atomic E-state index is 0.273. The fourth-order valence-corrected chi connectivity index (χ4v) is 0.979. The molecule has 0 aliphatic carbocycles. The zero-order valence-corrected chi connectivity index (χ0v) is 8.98. The maximum atomic E-state index is 10.6. The average Bonchev–Trinajstić information content (AvgIpc) is 2.26. The van der Waals surface area contributed by atoms with Crippen LogP contribution in [0.2, 0.25) is 0 Å². The van der Waals surface area contributed by atoms with Gasteiger partial charge in [0.05, 0.1) is 13.0 Å². The lowest BCUT2D eigenvalue weighted by Gasteiger charge is -2.03. The predicted molar refractivity (Wildman–Crippen MR) is 58.4 cm³/mol. The Labute approximate surface area is 90.2 Å². The number of aldehydes is 1. The third-order valence-corrected chi connectivity index (χ3v) is 1.76. The number of unbranched alkanes of at least 4 members (excludes halogenated alkanes) is 3. The van der Waals surface area contributed by atoms with E-state index >= 15 is 0 Å². The molecule has 4 nitrogen and oxygen atoms in total. The van der Waals surface area contributed by atoms with E-state index in [4.69, 9.17) is 14.3 Å². The van der Waals surface area contributed by atoms with Gasteiger partial charge in [-0.05, 0) is 12.8 Å². The molecule has 0 fully saturated rings. The molecular formula is C11H19O4+. The summed E-state index contributed by atoms with van der Waals surface area (Å²) in [6, 6.07) is 0. The van der Waals surface area contributed by atoms with Gasteiger partial charge in [-0.25, -0.2) is 4.79 Å². The maximum Gasteiger partial charge on any atom is 0.330 e. The smallest absolute Gasteiger partial charge is 0.330 e. The number of hydrogen-bond acceptors (Lipinski definition) is 3. The summed E-state index contributed by atoms with van der Waals surface area (Å²) < 4.78 is 9.94. The van der Waals surface area contributed by atoms with Crippen molar-refractivity contribution in [2.75, 3.05) is 19.8 Å². The van der Waals surface area contributed by atoms with Crippen molar-refractivity contribution in [1.29, 1.82) is 0 Å². The average molecular weight is 215 g/mol. The molecule has 0 rings (SSSR count). The van der Waals surface area contributed by atoms with E-state index in [1.807, 2.05) is 0 Å². The van der Waals surface area contributed by atoms with Gasteiger partial charge < -0.3 is 9.47 Å². The van der Waals surface area contributed by atoms with Crippen LogP contribution in [0.15, 0.2) is 12.7 Å². The highest BCUT2D eigenvalue weighted by Gasteiger charge is 1.95. The topological polar surface area (TPSA) is 56.9 Å². The highest BCUT2D eigenvalue weighted by Crippen LogP contribution is 1.97. The lowest BCUT2D eigenvalue weighted by Crippen LogP contribution is -2.08. The number of carbonyl (C=O) groups is 1. The van der Waals surface area contributed by atoms with E-state index in [0.717, 1.165) is 31.8 Å². The van der Waals surface area contributed by atoms with Gasteiger partial charge in [0.1, 0.15) is 6.61 Å². The molecule has 1 N–H and O–H groups in total. The highest BCUT2D eigenvalue weighted by molar-refractivity contribution is 5.81. The standard InChI is InChI=1S/C11H18O4/c1-2-11(13)15-10-9-14-8-6-4-3-5-7-12/h2,7H,1,3-6,8-10H2/p+1. The van der Waals surface area contributed by atoms with Gasteiger partial charge in [-0.15, -0.1) is 0 Å². The Bertz CT molecular complexity index is 189. The highest BCUT2D eigenvalue weighted by atomic mass is 16.6. The lowest BCUT2D eigenvalue weighted by molar-refractivity contribution is -0.139. The fraction of sp³-hybridized carbons (Fsp3) is 0.636. The van der Waals surface area contributed by atoms with Crippen LogP contribution in [0.25, 0.3) is 0 Å². The van der Waals surface area contributed by atoms with Crippen molar-refractivity contribution in [1.82, 2.24) is 0 Å². The molecule has 0 aromatic carbocycles. The van der Waals surface area contributed by atoms with E-state index in [1.165, 1.54) is 6.29 Å². The molecular weight excluding hydrogens is 196 g/mol. The molecule has 0 amide bonds. The van der Waals surface area contributed by atoms with Gasteiger partial charge in [0.25, 0.3) is 6.29 Å². The minimum atomic E-state index is -0.419. The molecule has 0 spiro atoms. The zero-order chi connectivity index (χ0) is 11.4. The van der Waals surface area contributed by atoms with E-state index in [0.29, 0.717) is 13.2 Å². The van der Waals surface area contributed by atoms with E-state index in [-0.39, 0.29) is 6.61 Å². The number of rotatable bonds is 10. The van der Waals surface area contributed by atoms with Crippen LogP contribution in [-0.4, -0.2) is 36.9 Å². The van der Waals surface area contributed by atoms with Crippen molar-refractivity contribution >= 4 is 12.3 Å². The summed E-state index contributed by atoms with van der Waals surface area (Å²) in [4.78, 5) is 19.0. The summed E-state index contributed by atoms with van der Waals surface area (Å²) >= 11 is 0. The van der Waals surface area contributed by atoms with Crippen molar-refractivity contribution in [3.05, 3.63) is 12.7 Å². The third-order valence-electron chi connectivity index (χ3n) is 1.76. The molecule has 0 saturated carbocycles. The van der Waals surface area contributed by atoms with Gasteiger partial charge in [-0.2, -0.15) is 0 Å². The van der Waals surface area contributed by atoms with Crippen LogP contribution < -0.4 is 0 Å². The third kappa shape index (κ3) is 10.8. The van der Waals surface area contributed by atoms with Crippen LogP contribution in [0.5, 0.6) is 0 Å². The van der Waals surface area contributed by atoms with Crippen LogP contribution in [0.3, 0.4) is 0 Å². The van der Waals surface area contributed by atoms with Crippen LogP contribution in [-0.2, 0) is 14.3 Å². The molecule has 0 aliphatic heterocycles. The van der Waals surface area contributed by atoms with Crippen molar-refractivity contribution < 1.29 is 19.1 Å². The largest absolute Gasteiger partial charge is 0.460 e. The molecule has 0 aromatic rings. The second kappa shape index (κ2) is 10.9. The normalized spacial score (nSPS) is 9.60. The molecule has 0 radical (unpaired) electrons. The zero-order valence-electron chi connectivity index (χ0n) is 8.98. The van der Waals surface area contributed by atoms with E-state index in [1.54, 1.807) is 0 Å². The van der Waals surface area contributed by atoms with Crippen molar-refractivity contribution in [3.63, 3.8) is 0 Å². The van der Waals surface area contributed by atoms with Crippen LogP contribution in [0.4, 0.5) is 0 Å². The molecule has 0 aromatic heterocycles. The summed E-state index contributed by atoms with van der Waals surface area (Å²) in [6.07, 6.45) is 6.01. The van der Waals surface area contributed by atoms with Crippen LogP contribution in [0, 0.1) is 0 Å². The maximum absolute atomic E-state index is 10.6. The number of ether oxygens (including phenoxy) is 2. The van der Waals surface area contributed by atoms with E-state index in [2.05, 4.69) is 6.58 Å². The monoisotopic (exact) mass is 215 g/mol. The second-order valence-electron chi connectivity index (χ2n) is 3.02. The quantitative estimate of drug-likeness (QED) is 0.182. The van der Waals surface area contributed by atoms with Gasteiger partial charge in [0, 0.05) is 12.7 Å². The van der Waals surface area contributed by atoms with Gasteiger partial charge in [0.15, 0.2) is 0 Å². The Morgan fingerprint density at radius 3 is 2.67 bits per heavy atom. The SMILES string of the molecule is C=CC(=O)OCCOCCCCCC=[OH+]. The Balaban J connectivity index is 3.01. The second-order valence-corrected chi connectivity index (χ2v) is 3.02. The Kier molecular flexibility index (Phi) is 10.1. The minimum Gasteiger partial charge on any atom is -0.460 e. The number of carbonyl (C=O) groups excluding carboxylic acids is 2. The van der Waals surface area contributed by atoms with E-state index in [9.17, 15) is 4.79 Å². The van der Waals surface area contributed by atoms with Crippen LogP contribution >= 0.6 is 0 Å². The van der Waals surface area contributed by atoms with Crippen molar-refractivity contribution in [2.24, 2.45) is 0 Å². The molecule has 0 aliphatic rings. The van der Waals surface area contributed by atoms with Gasteiger partial charge in [-0.3, -0.25) is 4.79 Å². The molecule has 0 saturated heterocycles. The lowest BCUT2D eigenvalue weighted by atomic mass is 10.2. The number of hydrogen-bond donors (Lipinski definition) is 0. The Morgan fingerprint density at radius 2 is 2.00 bits per heavy atom. The van der Waals surface area contributed by atoms with Gasteiger partial charge in [0.2, 0.25) is 0 Å². The van der Waals surface area contributed by atoms with Gasteiger partial charge >= 0.3 is 5.97 Å². The molecule has 0 atom stereocenters. The first kappa shape index (κ1) is 13.8. The number of esters is 1. The first-order valence-corrected chi connectivity index (χ1v) is 5.14. The first-order valence-electron chi connectivity index (χ1n) is 5.14. The fourth-order valence-electron chi connectivity index (χ4n) is 0.979. The Hall–Kier alpha value is -1.16. The molecule has 86 valence electrons. The molecule has 0 heterocycles. The molecule has 4 heteroatoms. The van der Waals surface area contributed by atoms with Crippen molar-refractivity contribution in [2.45, 2.75) is 25.7 Å². The Morgan fingerprint density at radius 1 is 1.20 bits per heavy atom. The molecule has 15 heavy (non-hydrogen) atoms. The summed E-state index contributed by atoms with van der Waals surface area (Å²) in [7, 11) is 0. The molecule has 0 bridgehead atoms. The van der Waals surface area contributed by atoms with Crippen LogP contribution in [0.1, 0.15) is 25.7 Å². The van der Waals surface area contributed by atoms with Crippen molar-refractivity contribution in [3.8, 4) is 0 Å². The predicted octanol–water partition coefficient (Wildman–Crippen LogP) is 1.47. The first-order chi connectivity index (χ1) is 7.31. The summed E-state index contributed by atoms with van der Waals surface area (Å²) in [5, 5.41) is 0. The summed E-state index contributed by atoms with van der Waals surface area (Å²) in [5.41, 5.74) is 0. The summed E-state index contributed by atoms with van der Waals surface area (Å²) in [6.45, 7) is 4.64. The van der Waals surface area contributed by atoms with E-state index < -0.39 is 5.97 Å².